The van der Waals surface area contributed by atoms with Gasteiger partial charge in [0.25, 0.3) is 0 Å². The maximum absolute atomic E-state index is 9.71. The molecule has 3 fully saturated rings. The van der Waals surface area contributed by atoms with Crippen LogP contribution in [0.5, 0.6) is 0 Å². The molecular weight excluding hydrogens is 408 g/mol. The van der Waals surface area contributed by atoms with E-state index in [0.29, 0.717) is 35.5 Å². The molecule has 0 heterocycles. The summed E-state index contributed by atoms with van der Waals surface area (Å²) in [5.74, 6) is 5.84. The van der Waals surface area contributed by atoms with Gasteiger partial charge in [-0.2, -0.15) is 0 Å². The lowest BCUT2D eigenvalue weighted by Gasteiger charge is -2.33. The highest BCUT2D eigenvalue weighted by atomic mass is 16.3. The Balaban J connectivity index is 0.000000247. The molecule has 33 heavy (non-hydrogen) atoms. The maximum atomic E-state index is 9.71. The van der Waals surface area contributed by atoms with Gasteiger partial charge in [0, 0.05) is 0 Å². The molecule has 3 rings (SSSR count). The van der Waals surface area contributed by atoms with Crippen LogP contribution in [0.4, 0.5) is 0 Å². The number of rotatable bonds is 3. The zero-order valence-corrected chi connectivity index (χ0v) is 23.6. The quantitative estimate of drug-likeness (QED) is 0.406. The van der Waals surface area contributed by atoms with E-state index in [1.165, 1.54) is 38.5 Å². The first kappa shape index (κ1) is 30.9. The van der Waals surface area contributed by atoms with Gasteiger partial charge in [-0.15, -0.1) is 0 Å². The van der Waals surface area contributed by atoms with Crippen LogP contribution < -0.4 is 0 Å². The van der Waals surface area contributed by atoms with Crippen LogP contribution in [0, 0.1) is 53.3 Å². The molecule has 3 saturated carbocycles. The maximum Gasteiger partial charge on any atom is 0.0573 e. The van der Waals surface area contributed by atoms with Crippen molar-refractivity contribution in [1.29, 1.82) is 0 Å². The summed E-state index contributed by atoms with van der Waals surface area (Å²) in [6.07, 6.45) is 10.5. The topological polar surface area (TPSA) is 60.7 Å². The number of hydrogen-bond acceptors (Lipinski definition) is 3. The molecular formula is C30H60O3. The number of hydrogen-bond donors (Lipinski definition) is 3. The van der Waals surface area contributed by atoms with E-state index in [4.69, 9.17) is 0 Å². The third-order valence-electron chi connectivity index (χ3n) is 8.96. The highest BCUT2D eigenvalue weighted by molar-refractivity contribution is 4.81. The average Bonchev–Trinajstić information content (AvgIpc) is 2.68. The van der Waals surface area contributed by atoms with Crippen LogP contribution in [0.2, 0.25) is 0 Å². The minimum atomic E-state index is -0.0289. The Morgan fingerprint density at radius 1 is 0.424 bits per heavy atom. The van der Waals surface area contributed by atoms with Crippen molar-refractivity contribution in [3.63, 3.8) is 0 Å². The minimum absolute atomic E-state index is 0.0289. The van der Waals surface area contributed by atoms with Gasteiger partial charge in [-0.05, 0) is 91.8 Å². The van der Waals surface area contributed by atoms with Gasteiger partial charge in [-0.1, -0.05) is 81.6 Å². The second-order valence-electron chi connectivity index (χ2n) is 13.2. The standard InChI is InChI=1S/3C10H20O/c3*1-7(2)9-5-4-8(3)6-10(9)11/h3*7-11H,4-6H2,1-3H3. The molecule has 198 valence electrons. The third kappa shape index (κ3) is 11.0. The fourth-order valence-electron chi connectivity index (χ4n) is 6.46. The summed E-state index contributed by atoms with van der Waals surface area (Å²) in [6, 6.07) is 0. The zero-order chi connectivity index (χ0) is 25.3. The number of aliphatic hydroxyl groups excluding tert-OH is 3. The summed E-state index contributed by atoms with van der Waals surface area (Å²) in [5.41, 5.74) is 0. The van der Waals surface area contributed by atoms with Gasteiger partial charge in [-0.3, -0.25) is 0 Å². The molecule has 3 aliphatic rings. The second kappa shape index (κ2) is 15.1. The normalized spacial score (nSPS) is 39.5. The summed E-state index contributed by atoms with van der Waals surface area (Å²) in [5, 5.41) is 29.1. The van der Waals surface area contributed by atoms with Crippen molar-refractivity contribution >= 4 is 0 Å². The Bertz CT molecular complexity index is 431. The van der Waals surface area contributed by atoms with Gasteiger partial charge in [0.1, 0.15) is 0 Å². The molecule has 0 aromatic heterocycles. The van der Waals surface area contributed by atoms with Gasteiger partial charge in [0.05, 0.1) is 18.3 Å². The molecule has 3 heteroatoms. The Hall–Kier alpha value is -0.120. The predicted molar refractivity (Wildman–Crippen MR) is 142 cm³/mol. The molecule has 3 aliphatic carbocycles. The van der Waals surface area contributed by atoms with E-state index in [9.17, 15) is 15.3 Å². The minimum Gasteiger partial charge on any atom is -0.393 e. The molecule has 0 amide bonds. The van der Waals surface area contributed by atoms with Crippen molar-refractivity contribution in [3.05, 3.63) is 0 Å². The van der Waals surface area contributed by atoms with E-state index in [1.807, 2.05) is 0 Å². The molecule has 0 saturated heterocycles. The van der Waals surface area contributed by atoms with Crippen molar-refractivity contribution in [2.45, 2.75) is 138 Å². The zero-order valence-electron chi connectivity index (χ0n) is 23.6. The molecule has 3 nitrogen and oxygen atoms in total. The first-order chi connectivity index (χ1) is 15.3. The molecule has 9 unspecified atom stereocenters. The smallest absolute Gasteiger partial charge is 0.0573 e. The van der Waals surface area contributed by atoms with Crippen LogP contribution in [-0.2, 0) is 0 Å². The van der Waals surface area contributed by atoms with E-state index in [1.54, 1.807) is 0 Å². The van der Waals surface area contributed by atoms with Crippen molar-refractivity contribution in [2.75, 3.05) is 0 Å². The third-order valence-corrected chi connectivity index (χ3v) is 8.96. The lowest BCUT2D eigenvalue weighted by molar-refractivity contribution is 0.0263. The fraction of sp³-hybridized carbons (Fsp3) is 1.00. The van der Waals surface area contributed by atoms with Crippen molar-refractivity contribution in [3.8, 4) is 0 Å². The fourth-order valence-corrected chi connectivity index (χ4v) is 6.46. The monoisotopic (exact) mass is 468 g/mol. The molecule has 0 aromatic rings. The number of aliphatic hydroxyl groups is 3. The molecule has 9 atom stereocenters. The van der Waals surface area contributed by atoms with Crippen molar-refractivity contribution < 1.29 is 15.3 Å². The van der Waals surface area contributed by atoms with Crippen molar-refractivity contribution in [2.24, 2.45) is 53.3 Å². The summed E-state index contributed by atoms with van der Waals surface area (Å²) in [7, 11) is 0. The molecule has 0 bridgehead atoms. The van der Waals surface area contributed by atoms with E-state index in [-0.39, 0.29) is 18.3 Å². The van der Waals surface area contributed by atoms with E-state index in [2.05, 4.69) is 62.3 Å². The van der Waals surface area contributed by atoms with E-state index >= 15 is 0 Å². The van der Waals surface area contributed by atoms with E-state index in [0.717, 1.165) is 37.0 Å². The van der Waals surface area contributed by atoms with Crippen LogP contribution in [0.3, 0.4) is 0 Å². The first-order valence-electron chi connectivity index (χ1n) is 14.4. The largest absolute Gasteiger partial charge is 0.393 e. The molecule has 0 spiro atoms. The summed E-state index contributed by atoms with van der Waals surface area (Å²) in [4.78, 5) is 0. The average molecular weight is 469 g/mol. The van der Waals surface area contributed by atoms with Crippen LogP contribution in [0.25, 0.3) is 0 Å². The Labute approximate surface area is 207 Å². The van der Waals surface area contributed by atoms with Crippen LogP contribution in [0.1, 0.15) is 120 Å². The summed E-state index contributed by atoms with van der Waals surface area (Å²) in [6.45, 7) is 20.0. The first-order valence-corrected chi connectivity index (χ1v) is 14.4. The van der Waals surface area contributed by atoms with Gasteiger partial charge in [0.2, 0.25) is 0 Å². The second-order valence-corrected chi connectivity index (χ2v) is 13.2. The molecule has 0 aliphatic heterocycles. The van der Waals surface area contributed by atoms with Crippen LogP contribution >= 0.6 is 0 Å². The highest BCUT2D eigenvalue weighted by Crippen LogP contribution is 2.34. The lowest BCUT2D eigenvalue weighted by atomic mass is 9.75. The Morgan fingerprint density at radius 3 is 0.788 bits per heavy atom. The van der Waals surface area contributed by atoms with Gasteiger partial charge in [-0.25, -0.2) is 0 Å². The lowest BCUT2D eigenvalue weighted by Crippen LogP contribution is -2.31. The van der Waals surface area contributed by atoms with Crippen molar-refractivity contribution in [1.82, 2.24) is 0 Å². The Kier molecular flexibility index (Phi) is 14.1. The highest BCUT2D eigenvalue weighted by Gasteiger charge is 2.30. The SMILES string of the molecule is CC1CCC(C(C)C)C(O)C1.CC1CCC(C(C)C)C(O)C1.CC1CCC(C(C)C)C(O)C1. The van der Waals surface area contributed by atoms with E-state index < -0.39 is 0 Å². The molecule has 0 aromatic carbocycles. The predicted octanol–water partition coefficient (Wildman–Crippen LogP) is 7.32. The van der Waals surface area contributed by atoms with Gasteiger partial charge >= 0.3 is 0 Å². The van der Waals surface area contributed by atoms with Gasteiger partial charge < -0.3 is 15.3 Å². The van der Waals surface area contributed by atoms with Gasteiger partial charge in [0.15, 0.2) is 0 Å². The summed E-state index contributed by atoms with van der Waals surface area (Å²) < 4.78 is 0. The van der Waals surface area contributed by atoms with Crippen LogP contribution in [0.15, 0.2) is 0 Å². The molecule has 3 N–H and O–H groups in total. The summed E-state index contributed by atoms with van der Waals surface area (Å²) >= 11 is 0. The Morgan fingerprint density at radius 2 is 0.636 bits per heavy atom. The molecule has 0 radical (unpaired) electrons. The van der Waals surface area contributed by atoms with Crippen LogP contribution in [-0.4, -0.2) is 33.6 Å².